The van der Waals surface area contributed by atoms with Crippen molar-refractivity contribution in [1.29, 1.82) is 0 Å². The molecule has 106 valence electrons. The maximum Gasteiger partial charge on any atom is 0.240 e. The summed E-state index contributed by atoms with van der Waals surface area (Å²) >= 11 is 5.86. The number of rotatable bonds is 7. The summed E-state index contributed by atoms with van der Waals surface area (Å²) in [6.07, 6.45) is 2.73. The van der Waals surface area contributed by atoms with Gasteiger partial charge >= 0.3 is 0 Å². The Morgan fingerprint density at radius 1 is 1.42 bits per heavy atom. The van der Waals surface area contributed by atoms with Crippen molar-refractivity contribution >= 4 is 21.6 Å². The zero-order valence-electron chi connectivity index (χ0n) is 10.9. The smallest absolute Gasteiger partial charge is 0.240 e. The van der Waals surface area contributed by atoms with Gasteiger partial charge in [0.1, 0.15) is 5.75 Å². The van der Waals surface area contributed by atoms with Gasteiger partial charge in [-0.25, -0.2) is 13.1 Å². The average Bonchev–Trinajstić information content (AvgIpc) is 3.19. The fraction of sp³-hybridized carbons (Fsp3) is 0.538. The predicted octanol–water partition coefficient (Wildman–Crippen LogP) is 2.65. The number of alkyl halides is 1. The highest BCUT2D eigenvalue weighted by atomic mass is 35.5. The number of halogens is 1. The van der Waals surface area contributed by atoms with Crippen LogP contribution in [0, 0.1) is 0 Å². The molecular weight excluding hydrogens is 286 g/mol. The van der Waals surface area contributed by atoms with E-state index >= 15 is 0 Å². The number of hydrogen-bond donors (Lipinski definition) is 1. The Morgan fingerprint density at radius 3 is 2.74 bits per heavy atom. The van der Waals surface area contributed by atoms with Gasteiger partial charge in [-0.3, -0.25) is 0 Å². The molecule has 1 aliphatic carbocycles. The minimum absolute atomic E-state index is 0.0977. The maximum absolute atomic E-state index is 12.1. The van der Waals surface area contributed by atoms with Crippen LogP contribution in [-0.4, -0.2) is 21.1 Å². The second-order valence-electron chi connectivity index (χ2n) is 4.65. The first-order chi connectivity index (χ1) is 9.06. The van der Waals surface area contributed by atoms with Crippen molar-refractivity contribution < 1.29 is 13.2 Å². The summed E-state index contributed by atoms with van der Waals surface area (Å²) in [6.45, 7) is 2.61. The van der Waals surface area contributed by atoms with Gasteiger partial charge < -0.3 is 4.74 Å². The van der Waals surface area contributed by atoms with Gasteiger partial charge in [0.05, 0.1) is 17.4 Å². The molecule has 1 aliphatic rings. The summed E-state index contributed by atoms with van der Waals surface area (Å²) in [5.74, 6) is 0.883. The van der Waals surface area contributed by atoms with Crippen molar-refractivity contribution in [3.05, 3.63) is 23.8 Å². The van der Waals surface area contributed by atoms with Crippen LogP contribution in [0.4, 0.5) is 0 Å². The molecule has 0 aromatic heterocycles. The predicted molar refractivity (Wildman–Crippen MR) is 75.1 cm³/mol. The minimum atomic E-state index is -3.43. The van der Waals surface area contributed by atoms with Crippen LogP contribution in [0.25, 0.3) is 0 Å². The van der Waals surface area contributed by atoms with E-state index in [1.165, 1.54) is 0 Å². The zero-order valence-corrected chi connectivity index (χ0v) is 12.4. The Hall–Kier alpha value is -0.780. The van der Waals surface area contributed by atoms with Crippen molar-refractivity contribution in [3.63, 3.8) is 0 Å². The van der Waals surface area contributed by atoms with Gasteiger partial charge in [0.2, 0.25) is 10.0 Å². The molecule has 0 spiro atoms. The van der Waals surface area contributed by atoms with Crippen LogP contribution in [0.1, 0.15) is 31.7 Å². The van der Waals surface area contributed by atoms with E-state index in [-0.39, 0.29) is 16.8 Å². The molecule has 0 bridgehead atoms. The third kappa shape index (κ3) is 3.84. The Balaban J connectivity index is 2.22. The molecule has 0 amide bonds. The number of nitrogens with one attached hydrogen (secondary N) is 1. The SMILES string of the molecule is CCCOc1ccc(S(=O)(=O)NC2CC2)cc1CCl. The van der Waals surface area contributed by atoms with E-state index < -0.39 is 10.0 Å². The maximum atomic E-state index is 12.1. The van der Waals surface area contributed by atoms with Gasteiger partial charge in [0, 0.05) is 11.6 Å². The van der Waals surface area contributed by atoms with E-state index in [1.54, 1.807) is 18.2 Å². The standard InChI is InChI=1S/C13H18ClNO3S/c1-2-7-18-13-6-5-12(8-10(13)9-14)19(16,17)15-11-3-4-11/h5-6,8,11,15H,2-4,7,9H2,1H3. The molecule has 0 heterocycles. The molecule has 2 rings (SSSR count). The number of benzene rings is 1. The second-order valence-corrected chi connectivity index (χ2v) is 6.63. The second kappa shape index (κ2) is 6.11. The number of ether oxygens (including phenoxy) is 1. The van der Waals surface area contributed by atoms with E-state index in [2.05, 4.69) is 4.72 Å². The van der Waals surface area contributed by atoms with Gasteiger partial charge in [0.15, 0.2) is 0 Å². The lowest BCUT2D eigenvalue weighted by Crippen LogP contribution is -2.25. The first-order valence-corrected chi connectivity index (χ1v) is 8.42. The van der Waals surface area contributed by atoms with Crippen LogP contribution in [-0.2, 0) is 15.9 Å². The Bertz CT molecular complexity index is 541. The summed E-state index contributed by atoms with van der Waals surface area (Å²) in [5, 5.41) is 0. The average molecular weight is 304 g/mol. The van der Waals surface area contributed by atoms with Crippen LogP contribution >= 0.6 is 11.6 Å². The highest BCUT2D eigenvalue weighted by molar-refractivity contribution is 7.89. The highest BCUT2D eigenvalue weighted by Crippen LogP contribution is 2.26. The first kappa shape index (κ1) is 14.6. The first-order valence-electron chi connectivity index (χ1n) is 6.41. The van der Waals surface area contributed by atoms with Crippen LogP contribution in [0.3, 0.4) is 0 Å². The van der Waals surface area contributed by atoms with Crippen molar-refractivity contribution in [2.45, 2.75) is 43.0 Å². The fourth-order valence-corrected chi connectivity index (χ4v) is 3.23. The molecule has 4 nitrogen and oxygen atoms in total. The van der Waals surface area contributed by atoms with Crippen molar-refractivity contribution in [2.75, 3.05) is 6.61 Å². The van der Waals surface area contributed by atoms with E-state index in [0.717, 1.165) is 19.3 Å². The summed E-state index contributed by atoms with van der Waals surface area (Å²) in [4.78, 5) is 0.249. The molecular formula is C13H18ClNO3S. The third-order valence-corrected chi connectivity index (χ3v) is 4.65. The van der Waals surface area contributed by atoms with Crippen LogP contribution in [0.15, 0.2) is 23.1 Å². The molecule has 1 aromatic rings. The normalized spacial score (nSPS) is 15.5. The Labute approximate surface area is 119 Å². The van der Waals surface area contributed by atoms with E-state index in [1.807, 2.05) is 6.92 Å². The van der Waals surface area contributed by atoms with Crippen molar-refractivity contribution in [2.24, 2.45) is 0 Å². The van der Waals surface area contributed by atoms with Crippen LogP contribution in [0.5, 0.6) is 5.75 Å². The molecule has 0 aliphatic heterocycles. The molecule has 19 heavy (non-hydrogen) atoms. The molecule has 1 aromatic carbocycles. The Morgan fingerprint density at radius 2 is 2.16 bits per heavy atom. The molecule has 1 fully saturated rings. The third-order valence-electron chi connectivity index (χ3n) is 2.85. The Kier molecular flexibility index (Phi) is 4.71. The largest absolute Gasteiger partial charge is 0.493 e. The topological polar surface area (TPSA) is 55.4 Å². The van der Waals surface area contributed by atoms with Gasteiger partial charge in [-0.2, -0.15) is 0 Å². The lowest BCUT2D eigenvalue weighted by molar-refractivity contribution is 0.315. The molecule has 0 saturated heterocycles. The summed E-state index contributed by atoms with van der Waals surface area (Å²) in [6, 6.07) is 4.92. The quantitative estimate of drug-likeness (QED) is 0.788. The van der Waals surface area contributed by atoms with E-state index in [9.17, 15) is 8.42 Å². The molecule has 1 N–H and O–H groups in total. The van der Waals surface area contributed by atoms with Gasteiger partial charge in [-0.1, -0.05) is 6.92 Å². The summed E-state index contributed by atoms with van der Waals surface area (Å²) in [5.41, 5.74) is 0.703. The highest BCUT2D eigenvalue weighted by Gasteiger charge is 2.28. The van der Waals surface area contributed by atoms with Crippen LogP contribution in [0.2, 0.25) is 0 Å². The van der Waals surface area contributed by atoms with Gasteiger partial charge in [-0.15, -0.1) is 11.6 Å². The number of hydrogen-bond acceptors (Lipinski definition) is 3. The minimum Gasteiger partial charge on any atom is -0.493 e. The zero-order chi connectivity index (χ0) is 13.9. The monoisotopic (exact) mass is 303 g/mol. The van der Waals surface area contributed by atoms with Crippen molar-refractivity contribution in [3.8, 4) is 5.75 Å². The molecule has 0 radical (unpaired) electrons. The van der Waals surface area contributed by atoms with Crippen molar-refractivity contribution in [1.82, 2.24) is 4.72 Å². The summed E-state index contributed by atoms with van der Waals surface area (Å²) < 4.78 is 32.3. The van der Waals surface area contributed by atoms with E-state index in [4.69, 9.17) is 16.3 Å². The van der Waals surface area contributed by atoms with Gasteiger partial charge in [0.25, 0.3) is 0 Å². The lowest BCUT2D eigenvalue weighted by atomic mass is 10.2. The molecule has 0 unspecified atom stereocenters. The molecule has 1 saturated carbocycles. The van der Waals surface area contributed by atoms with Crippen LogP contribution < -0.4 is 9.46 Å². The van der Waals surface area contributed by atoms with E-state index in [0.29, 0.717) is 17.9 Å². The molecule has 6 heteroatoms. The van der Waals surface area contributed by atoms with Gasteiger partial charge in [-0.05, 0) is 37.5 Å². The molecule has 0 atom stereocenters. The summed E-state index contributed by atoms with van der Waals surface area (Å²) in [7, 11) is -3.43. The number of sulfonamides is 1. The fourth-order valence-electron chi connectivity index (χ4n) is 1.67. The lowest BCUT2D eigenvalue weighted by Gasteiger charge is -2.11.